The van der Waals surface area contributed by atoms with Gasteiger partial charge in [0.05, 0.1) is 12.8 Å². The standard InChI is InChI=1S/C11H15F2N3O6S/c1-11(12,13)7-14-9(17)5-15-8(6-22-23(2,20)21)3-4-10(15)16(18)19/h3-4H,5-7H2,1-2H3,(H,14,17). The van der Waals surface area contributed by atoms with Crippen LogP contribution in [-0.2, 0) is 32.2 Å². The topological polar surface area (TPSA) is 121 Å². The van der Waals surface area contributed by atoms with Crippen LogP contribution in [0, 0.1) is 10.1 Å². The minimum absolute atomic E-state index is 0.0422. The molecule has 0 aromatic carbocycles. The van der Waals surface area contributed by atoms with E-state index in [4.69, 9.17) is 0 Å². The zero-order valence-electron chi connectivity index (χ0n) is 12.3. The molecule has 0 spiro atoms. The van der Waals surface area contributed by atoms with E-state index in [1.165, 1.54) is 6.07 Å². The van der Waals surface area contributed by atoms with E-state index in [0.29, 0.717) is 6.92 Å². The van der Waals surface area contributed by atoms with Gasteiger partial charge < -0.3 is 15.4 Å². The van der Waals surface area contributed by atoms with Crippen LogP contribution >= 0.6 is 0 Å². The summed E-state index contributed by atoms with van der Waals surface area (Å²) in [6.45, 7) is -1.46. The van der Waals surface area contributed by atoms with Crippen LogP contribution in [0.25, 0.3) is 0 Å². The van der Waals surface area contributed by atoms with Gasteiger partial charge in [-0.3, -0.25) is 8.98 Å². The molecule has 1 aromatic rings. The Morgan fingerprint density at radius 2 is 2.09 bits per heavy atom. The lowest BCUT2D eigenvalue weighted by Crippen LogP contribution is -2.36. The zero-order valence-corrected chi connectivity index (χ0v) is 13.1. The summed E-state index contributed by atoms with van der Waals surface area (Å²) in [5.74, 6) is -4.50. The smallest absolute Gasteiger partial charge is 0.323 e. The van der Waals surface area contributed by atoms with Crippen molar-refractivity contribution in [1.82, 2.24) is 9.88 Å². The van der Waals surface area contributed by atoms with Gasteiger partial charge in [0.2, 0.25) is 0 Å². The summed E-state index contributed by atoms with van der Waals surface area (Å²) in [5.41, 5.74) is 0.0422. The first-order chi connectivity index (χ1) is 10.4. The zero-order chi connectivity index (χ0) is 17.8. The van der Waals surface area contributed by atoms with Gasteiger partial charge in [-0.05, 0) is 11.0 Å². The molecule has 23 heavy (non-hydrogen) atoms. The Morgan fingerprint density at radius 1 is 1.48 bits per heavy atom. The molecule has 1 amide bonds. The van der Waals surface area contributed by atoms with E-state index in [1.54, 1.807) is 0 Å². The van der Waals surface area contributed by atoms with Gasteiger partial charge in [0.1, 0.15) is 12.3 Å². The van der Waals surface area contributed by atoms with E-state index in [2.05, 4.69) is 4.18 Å². The highest BCUT2D eigenvalue weighted by molar-refractivity contribution is 7.85. The van der Waals surface area contributed by atoms with Crippen LogP contribution < -0.4 is 5.32 Å². The van der Waals surface area contributed by atoms with Crippen molar-refractivity contribution in [2.45, 2.75) is 26.0 Å². The molecule has 0 bridgehead atoms. The van der Waals surface area contributed by atoms with E-state index in [1.807, 2.05) is 5.32 Å². The lowest BCUT2D eigenvalue weighted by molar-refractivity contribution is -0.392. The number of hydrogen-bond acceptors (Lipinski definition) is 6. The Balaban J connectivity index is 2.91. The third kappa shape index (κ3) is 6.69. The molecule has 0 saturated heterocycles. The molecule has 9 nitrogen and oxygen atoms in total. The first kappa shape index (κ1) is 19.0. The molecule has 1 aromatic heterocycles. The number of nitro groups is 1. The number of rotatable bonds is 8. The third-order valence-corrected chi connectivity index (χ3v) is 3.10. The molecule has 0 atom stereocenters. The molecule has 0 aliphatic rings. The largest absolute Gasteiger partial charge is 0.358 e. The van der Waals surface area contributed by atoms with Crippen LogP contribution in [-0.4, -0.2) is 42.5 Å². The summed E-state index contributed by atoms with van der Waals surface area (Å²) in [6.07, 6.45) is 0.796. The van der Waals surface area contributed by atoms with E-state index in [-0.39, 0.29) is 5.69 Å². The number of carbonyl (C=O) groups excluding carboxylic acids is 1. The maximum Gasteiger partial charge on any atom is 0.323 e. The van der Waals surface area contributed by atoms with Gasteiger partial charge in [-0.1, -0.05) is 0 Å². The van der Waals surface area contributed by atoms with Gasteiger partial charge in [0.15, 0.2) is 6.54 Å². The molecule has 0 fully saturated rings. The van der Waals surface area contributed by atoms with Crippen molar-refractivity contribution in [3.63, 3.8) is 0 Å². The fraction of sp³-hybridized carbons (Fsp3) is 0.545. The number of carbonyl (C=O) groups is 1. The van der Waals surface area contributed by atoms with Crippen LogP contribution in [0.15, 0.2) is 12.1 Å². The second-order valence-corrected chi connectivity index (χ2v) is 6.48. The average molecular weight is 355 g/mol. The lowest BCUT2D eigenvalue weighted by atomic mass is 10.4. The third-order valence-electron chi connectivity index (χ3n) is 2.55. The maximum absolute atomic E-state index is 12.7. The number of nitrogens with one attached hydrogen (secondary N) is 1. The Bertz CT molecular complexity index is 695. The first-order valence-electron chi connectivity index (χ1n) is 6.21. The normalized spacial score (nSPS) is 12.2. The van der Waals surface area contributed by atoms with E-state index >= 15 is 0 Å². The molecule has 1 rings (SSSR count). The molecule has 0 aliphatic heterocycles. The summed E-state index contributed by atoms with van der Waals surface area (Å²) in [7, 11) is -3.79. The summed E-state index contributed by atoms with van der Waals surface area (Å²) >= 11 is 0. The van der Waals surface area contributed by atoms with Crippen molar-refractivity contribution < 1.29 is 31.1 Å². The van der Waals surface area contributed by atoms with Gasteiger partial charge in [0, 0.05) is 13.0 Å². The number of halogens is 2. The summed E-state index contributed by atoms with van der Waals surface area (Å²) in [5, 5.41) is 12.8. The molecule has 130 valence electrons. The first-order valence-corrected chi connectivity index (χ1v) is 8.02. The lowest BCUT2D eigenvalue weighted by Gasteiger charge is -2.11. The molecule has 0 aliphatic carbocycles. The fourth-order valence-corrected chi connectivity index (χ4v) is 1.92. The predicted molar refractivity (Wildman–Crippen MR) is 74.3 cm³/mol. The van der Waals surface area contributed by atoms with Crippen molar-refractivity contribution in [2.75, 3.05) is 12.8 Å². The van der Waals surface area contributed by atoms with E-state index in [9.17, 15) is 32.1 Å². The molecular formula is C11H15F2N3O6S. The predicted octanol–water partition coefficient (Wildman–Crippen LogP) is 0.644. The number of nitrogens with zero attached hydrogens (tertiary/aromatic N) is 2. The van der Waals surface area contributed by atoms with Gasteiger partial charge in [0.25, 0.3) is 21.9 Å². The van der Waals surface area contributed by atoms with Crippen molar-refractivity contribution in [3.05, 3.63) is 27.9 Å². The number of hydrogen-bond donors (Lipinski definition) is 1. The maximum atomic E-state index is 12.7. The molecule has 0 radical (unpaired) electrons. The Morgan fingerprint density at radius 3 is 2.57 bits per heavy atom. The highest BCUT2D eigenvalue weighted by Gasteiger charge is 2.25. The van der Waals surface area contributed by atoms with Crippen LogP contribution in [0.5, 0.6) is 0 Å². The Kier molecular flexibility index (Phi) is 5.77. The average Bonchev–Trinajstić information content (AvgIpc) is 2.75. The second kappa shape index (κ2) is 7.00. The molecular weight excluding hydrogens is 340 g/mol. The number of alkyl halides is 2. The van der Waals surface area contributed by atoms with Gasteiger partial charge >= 0.3 is 5.82 Å². The van der Waals surface area contributed by atoms with Crippen LogP contribution in [0.3, 0.4) is 0 Å². The van der Waals surface area contributed by atoms with Crippen molar-refractivity contribution in [2.24, 2.45) is 0 Å². The summed E-state index contributed by atoms with van der Waals surface area (Å²) < 4.78 is 52.7. The monoisotopic (exact) mass is 355 g/mol. The highest BCUT2D eigenvalue weighted by Crippen LogP contribution is 2.18. The van der Waals surface area contributed by atoms with Crippen molar-refractivity contribution in [3.8, 4) is 0 Å². The Hall–Kier alpha value is -2.08. The minimum Gasteiger partial charge on any atom is -0.358 e. The van der Waals surface area contributed by atoms with Gasteiger partial charge in [-0.15, -0.1) is 0 Å². The van der Waals surface area contributed by atoms with Crippen LogP contribution in [0.1, 0.15) is 12.6 Å². The van der Waals surface area contributed by atoms with Crippen LogP contribution in [0.4, 0.5) is 14.6 Å². The summed E-state index contributed by atoms with van der Waals surface area (Å²) in [4.78, 5) is 21.8. The molecule has 0 unspecified atom stereocenters. The Labute approximate surface area is 130 Å². The fourth-order valence-electron chi connectivity index (χ4n) is 1.59. The van der Waals surface area contributed by atoms with E-state index in [0.717, 1.165) is 16.9 Å². The van der Waals surface area contributed by atoms with Crippen LogP contribution in [0.2, 0.25) is 0 Å². The van der Waals surface area contributed by atoms with Crippen molar-refractivity contribution in [1.29, 1.82) is 0 Å². The minimum atomic E-state index is -3.79. The highest BCUT2D eigenvalue weighted by atomic mass is 32.2. The number of aromatic nitrogens is 1. The molecule has 12 heteroatoms. The molecule has 1 N–H and O–H groups in total. The van der Waals surface area contributed by atoms with Gasteiger partial charge in [-0.25, -0.2) is 13.3 Å². The van der Waals surface area contributed by atoms with Crippen molar-refractivity contribution >= 4 is 21.8 Å². The van der Waals surface area contributed by atoms with Gasteiger partial charge in [-0.2, -0.15) is 8.42 Å². The second-order valence-electron chi connectivity index (χ2n) is 4.84. The molecule has 1 heterocycles. The quantitative estimate of drug-likeness (QED) is 0.415. The number of amides is 1. The summed E-state index contributed by atoms with van der Waals surface area (Å²) in [6, 6.07) is 2.27. The van der Waals surface area contributed by atoms with E-state index < -0.39 is 52.4 Å². The molecule has 0 saturated carbocycles. The SMILES string of the molecule is CC(F)(F)CNC(=O)Cn1c(COS(C)(=O)=O)ccc1[N+](=O)[O-].